The van der Waals surface area contributed by atoms with Crippen LogP contribution < -0.4 is 0 Å². The summed E-state index contributed by atoms with van der Waals surface area (Å²) in [5, 5.41) is 10.1. The first-order valence-corrected chi connectivity index (χ1v) is 7.92. The third kappa shape index (κ3) is 9.54. The van der Waals surface area contributed by atoms with Gasteiger partial charge in [0.05, 0.1) is 6.10 Å². The molecule has 0 fully saturated rings. The summed E-state index contributed by atoms with van der Waals surface area (Å²) in [6.45, 7) is 6.55. The molecule has 1 nitrogen and oxygen atoms in total. The molecule has 0 aliphatic carbocycles. The Hall–Kier alpha value is -0.480. The molecule has 0 heterocycles. The van der Waals surface area contributed by atoms with E-state index in [-0.39, 0.29) is 12.0 Å². The molecule has 106 valence electrons. The lowest BCUT2D eigenvalue weighted by molar-refractivity contribution is 0.119. The van der Waals surface area contributed by atoms with Crippen LogP contribution in [0.25, 0.3) is 0 Å². The van der Waals surface area contributed by atoms with Crippen LogP contribution in [-0.4, -0.2) is 11.2 Å². The second-order valence-electron chi connectivity index (χ2n) is 5.21. The maximum Gasteiger partial charge on any atom is 0.0677 e. The van der Waals surface area contributed by atoms with Gasteiger partial charge in [0.25, 0.3) is 0 Å². The minimum Gasteiger partial charge on any atom is -0.392 e. The van der Waals surface area contributed by atoms with Crippen molar-refractivity contribution in [3.63, 3.8) is 0 Å². The van der Waals surface area contributed by atoms with Gasteiger partial charge in [-0.3, -0.25) is 0 Å². The lowest BCUT2D eigenvalue weighted by Crippen LogP contribution is -2.18. The summed E-state index contributed by atoms with van der Waals surface area (Å²) in [4.78, 5) is 0. The van der Waals surface area contributed by atoms with Gasteiger partial charge in [0.2, 0.25) is 0 Å². The van der Waals surface area contributed by atoms with E-state index in [1.54, 1.807) is 0 Å². The van der Waals surface area contributed by atoms with Crippen molar-refractivity contribution in [1.82, 2.24) is 0 Å². The van der Waals surface area contributed by atoms with Crippen molar-refractivity contribution in [2.45, 2.75) is 91.1 Å². The van der Waals surface area contributed by atoms with Gasteiger partial charge in [0, 0.05) is 12.3 Å². The molecule has 0 rings (SSSR count). The zero-order valence-corrected chi connectivity index (χ0v) is 12.7. The Kier molecular flexibility index (Phi) is 12.6. The first kappa shape index (κ1) is 17.5. The van der Waals surface area contributed by atoms with Gasteiger partial charge in [-0.2, -0.15) is 0 Å². The van der Waals surface area contributed by atoms with E-state index in [1.165, 1.54) is 38.5 Å². The minimum absolute atomic E-state index is 0.188. The molecule has 18 heavy (non-hydrogen) atoms. The van der Waals surface area contributed by atoms with Gasteiger partial charge in [-0.05, 0) is 19.3 Å². The Morgan fingerprint density at radius 3 is 2.17 bits per heavy atom. The summed E-state index contributed by atoms with van der Waals surface area (Å²) in [5.41, 5.74) is 0. The number of hydrogen-bond acceptors (Lipinski definition) is 1. The van der Waals surface area contributed by atoms with Crippen LogP contribution in [0.1, 0.15) is 85.0 Å². The molecule has 1 heteroatoms. The second-order valence-corrected chi connectivity index (χ2v) is 5.21. The number of aliphatic hydroxyl groups is 1. The predicted molar refractivity (Wildman–Crippen MR) is 80.5 cm³/mol. The number of hydrogen-bond donors (Lipinski definition) is 1. The molecule has 0 spiro atoms. The largest absolute Gasteiger partial charge is 0.392 e. The standard InChI is InChI=1S/C17H32O/c1-4-7-9-10-11-13-14-16(6-3)17(18)15-12-8-5-2/h16-18H,4-12,15H2,1-3H3/t16-,17+/m0/s1. The third-order valence-corrected chi connectivity index (χ3v) is 3.45. The monoisotopic (exact) mass is 252 g/mol. The van der Waals surface area contributed by atoms with E-state index in [0.29, 0.717) is 0 Å². The van der Waals surface area contributed by atoms with Crippen LogP contribution in [0, 0.1) is 17.8 Å². The summed E-state index contributed by atoms with van der Waals surface area (Å²) in [6.07, 6.45) is 11.3. The quantitative estimate of drug-likeness (QED) is 0.432. The summed E-state index contributed by atoms with van der Waals surface area (Å²) >= 11 is 0. The molecule has 2 atom stereocenters. The first-order valence-electron chi connectivity index (χ1n) is 7.92. The van der Waals surface area contributed by atoms with Gasteiger partial charge < -0.3 is 5.11 Å². The van der Waals surface area contributed by atoms with Gasteiger partial charge >= 0.3 is 0 Å². The Morgan fingerprint density at radius 2 is 1.56 bits per heavy atom. The lowest BCUT2D eigenvalue weighted by atomic mass is 9.95. The van der Waals surface area contributed by atoms with Crippen molar-refractivity contribution < 1.29 is 5.11 Å². The molecular formula is C17H32O. The topological polar surface area (TPSA) is 20.2 Å². The zero-order chi connectivity index (χ0) is 13.6. The highest BCUT2D eigenvalue weighted by Gasteiger charge is 2.13. The fraction of sp³-hybridized carbons (Fsp3) is 0.882. The Balaban J connectivity index is 3.82. The number of rotatable bonds is 10. The van der Waals surface area contributed by atoms with E-state index < -0.39 is 0 Å². The highest BCUT2D eigenvalue weighted by atomic mass is 16.3. The van der Waals surface area contributed by atoms with Crippen LogP contribution in [0.3, 0.4) is 0 Å². The van der Waals surface area contributed by atoms with Crippen molar-refractivity contribution in [2.24, 2.45) is 5.92 Å². The van der Waals surface area contributed by atoms with Crippen LogP contribution in [-0.2, 0) is 0 Å². The fourth-order valence-corrected chi connectivity index (χ4v) is 2.12. The Morgan fingerprint density at radius 1 is 0.889 bits per heavy atom. The van der Waals surface area contributed by atoms with E-state index in [2.05, 4.69) is 32.6 Å². The number of aliphatic hydroxyl groups excluding tert-OH is 1. The van der Waals surface area contributed by atoms with E-state index in [1.807, 2.05) is 0 Å². The molecular weight excluding hydrogens is 220 g/mol. The summed E-state index contributed by atoms with van der Waals surface area (Å²) in [5.74, 6) is 6.72. The van der Waals surface area contributed by atoms with Gasteiger partial charge in [-0.1, -0.05) is 65.2 Å². The van der Waals surface area contributed by atoms with E-state index in [4.69, 9.17) is 0 Å². The molecule has 0 aromatic heterocycles. The minimum atomic E-state index is -0.218. The molecule has 0 aliphatic rings. The van der Waals surface area contributed by atoms with E-state index in [9.17, 15) is 5.11 Å². The van der Waals surface area contributed by atoms with Crippen molar-refractivity contribution >= 4 is 0 Å². The molecule has 0 unspecified atom stereocenters. The molecule has 0 bridgehead atoms. The second kappa shape index (κ2) is 13.0. The SMILES string of the molecule is CCCCCCC#C[C@H](CC)[C@H](O)CCCCC. The van der Waals surface area contributed by atoms with Crippen LogP contribution in [0.2, 0.25) is 0 Å². The van der Waals surface area contributed by atoms with Gasteiger partial charge in [-0.15, -0.1) is 5.92 Å². The first-order chi connectivity index (χ1) is 8.76. The van der Waals surface area contributed by atoms with E-state index >= 15 is 0 Å². The highest BCUT2D eigenvalue weighted by Crippen LogP contribution is 2.14. The Bertz CT molecular complexity index is 223. The summed E-state index contributed by atoms with van der Waals surface area (Å²) in [6, 6.07) is 0. The molecule has 0 saturated heterocycles. The zero-order valence-electron chi connectivity index (χ0n) is 12.7. The molecule has 0 saturated carbocycles. The molecule has 0 aliphatic heterocycles. The van der Waals surface area contributed by atoms with Crippen LogP contribution >= 0.6 is 0 Å². The maximum absolute atomic E-state index is 10.1. The van der Waals surface area contributed by atoms with E-state index in [0.717, 1.165) is 25.7 Å². The Labute approximate surface area is 114 Å². The highest BCUT2D eigenvalue weighted by molar-refractivity contribution is 5.05. The number of unbranched alkanes of at least 4 members (excludes halogenated alkanes) is 6. The third-order valence-electron chi connectivity index (χ3n) is 3.45. The van der Waals surface area contributed by atoms with Gasteiger partial charge in [0.1, 0.15) is 0 Å². The van der Waals surface area contributed by atoms with Gasteiger partial charge in [-0.25, -0.2) is 0 Å². The van der Waals surface area contributed by atoms with Crippen LogP contribution in [0.4, 0.5) is 0 Å². The summed E-state index contributed by atoms with van der Waals surface area (Å²) < 4.78 is 0. The van der Waals surface area contributed by atoms with Crippen molar-refractivity contribution in [2.75, 3.05) is 0 Å². The van der Waals surface area contributed by atoms with Crippen molar-refractivity contribution in [3.05, 3.63) is 0 Å². The average molecular weight is 252 g/mol. The van der Waals surface area contributed by atoms with Crippen molar-refractivity contribution in [1.29, 1.82) is 0 Å². The normalized spacial score (nSPS) is 13.8. The molecule has 0 aromatic rings. The molecule has 1 N–H and O–H groups in total. The van der Waals surface area contributed by atoms with Crippen LogP contribution in [0.15, 0.2) is 0 Å². The van der Waals surface area contributed by atoms with Gasteiger partial charge in [0.15, 0.2) is 0 Å². The lowest BCUT2D eigenvalue weighted by Gasteiger charge is -2.16. The fourth-order valence-electron chi connectivity index (χ4n) is 2.12. The smallest absolute Gasteiger partial charge is 0.0677 e. The predicted octanol–water partition coefficient (Wildman–Crippen LogP) is 4.93. The molecule has 0 radical (unpaired) electrons. The molecule has 0 amide bonds. The van der Waals surface area contributed by atoms with Crippen LogP contribution in [0.5, 0.6) is 0 Å². The average Bonchev–Trinajstić information content (AvgIpc) is 2.38. The summed E-state index contributed by atoms with van der Waals surface area (Å²) in [7, 11) is 0. The van der Waals surface area contributed by atoms with Crippen molar-refractivity contribution in [3.8, 4) is 11.8 Å². The maximum atomic E-state index is 10.1. The molecule has 0 aromatic carbocycles.